The molecular formula is C12H18N4O2S. The maximum atomic E-state index is 11.9. The highest BCUT2D eigenvalue weighted by Crippen LogP contribution is 2.16. The van der Waals surface area contributed by atoms with Gasteiger partial charge in [0.05, 0.1) is 5.01 Å². The number of hydrogen-bond acceptors (Lipinski definition) is 5. The molecule has 2 heterocycles. The van der Waals surface area contributed by atoms with Crippen LogP contribution in [0.2, 0.25) is 0 Å². The third-order valence-electron chi connectivity index (χ3n) is 3.04. The van der Waals surface area contributed by atoms with Gasteiger partial charge < -0.3 is 15.5 Å². The second kappa shape index (κ2) is 6.63. The van der Waals surface area contributed by atoms with E-state index in [2.05, 4.69) is 15.6 Å². The van der Waals surface area contributed by atoms with Gasteiger partial charge in [-0.1, -0.05) is 6.92 Å². The molecule has 104 valence electrons. The number of piperazine rings is 1. The van der Waals surface area contributed by atoms with Gasteiger partial charge in [-0.05, 0) is 0 Å². The van der Waals surface area contributed by atoms with Gasteiger partial charge in [0.1, 0.15) is 0 Å². The third-order valence-corrected chi connectivity index (χ3v) is 4.05. The Morgan fingerprint density at radius 2 is 2.26 bits per heavy atom. The highest BCUT2D eigenvalue weighted by molar-refractivity contribution is 7.09. The summed E-state index contributed by atoms with van der Waals surface area (Å²) in [5.74, 6) is -0.835. The topological polar surface area (TPSA) is 74.3 Å². The Bertz CT molecular complexity index is 429. The summed E-state index contributed by atoms with van der Waals surface area (Å²) in [6, 6.07) is 0. The maximum Gasteiger partial charge on any atom is 0.311 e. The molecule has 1 aromatic rings. The fourth-order valence-corrected chi connectivity index (χ4v) is 2.60. The van der Waals surface area contributed by atoms with Gasteiger partial charge in [0.25, 0.3) is 0 Å². The monoisotopic (exact) mass is 282 g/mol. The molecule has 0 aliphatic carbocycles. The van der Waals surface area contributed by atoms with Crippen molar-refractivity contribution in [1.82, 2.24) is 20.5 Å². The zero-order valence-electron chi connectivity index (χ0n) is 10.9. The minimum atomic E-state index is -0.523. The Hall–Kier alpha value is -1.47. The van der Waals surface area contributed by atoms with Crippen LogP contribution in [0.4, 0.5) is 0 Å². The summed E-state index contributed by atoms with van der Waals surface area (Å²) in [7, 11) is 0. The largest absolute Gasteiger partial charge is 0.347 e. The average Bonchev–Trinajstić information content (AvgIpc) is 2.98. The summed E-state index contributed by atoms with van der Waals surface area (Å²) in [6.45, 7) is 5.09. The number of hydrogen-bond donors (Lipinski definition) is 2. The van der Waals surface area contributed by atoms with Crippen molar-refractivity contribution >= 4 is 23.2 Å². The van der Waals surface area contributed by atoms with Crippen molar-refractivity contribution in [2.75, 3.05) is 32.7 Å². The predicted octanol–water partition coefficient (Wildman–Crippen LogP) is -0.205. The van der Waals surface area contributed by atoms with E-state index in [-0.39, 0.29) is 5.92 Å². The van der Waals surface area contributed by atoms with Crippen LogP contribution >= 0.6 is 11.3 Å². The van der Waals surface area contributed by atoms with E-state index in [1.165, 1.54) is 0 Å². The zero-order valence-corrected chi connectivity index (χ0v) is 11.7. The van der Waals surface area contributed by atoms with Crippen LogP contribution in [0.3, 0.4) is 0 Å². The lowest BCUT2D eigenvalue weighted by Crippen LogP contribution is -2.51. The molecule has 1 saturated heterocycles. The van der Waals surface area contributed by atoms with Crippen LogP contribution in [0.5, 0.6) is 0 Å². The van der Waals surface area contributed by atoms with Crippen molar-refractivity contribution in [3.63, 3.8) is 0 Å². The zero-order chi connectivity index (χ0) is 13.7. The fraction of sp³-hybridized carbons (Fsp3) is 0.583. The Balaban J connectivity index is 1.78. The van der Waals surface area contributed by atoms with E-state index in [1.54, 1.807) is 22.4 Å². The van der Waals surface area contributed by atoms with Gasteiger partial charge in [-0.2, -0.15) is 0 Å². The van der Waals surface area contributed by atoms with Crippen LogP contribution in [0.25, 0.3) is 0 Å². The molecule has 1 aliphatic heterocycles. The highest BCUT2D eigenvalue weighted by Gasteiger charge is 2.23. The smallest absolute Gasteiger partial charge is 0.311 e. The molecular weight excluding hydrogens is 264 g/mol. The molecule has 1 unspecified atom stereocenters. The minimum absolute atomic E-state index is 0.125. The number of carbonyl (C=O) groups excluding carboxylic acids is 2. The molecule has 7 heteroatoms. The molecule has 2 amide bonds. The lowest BCUT2D eigenvalue weighted by molar-refractivity contribution is -0.146. The van der Waals surface area contributed by atoms with Gasteiger partial charge in [0, 0.05) is 50.2 Å². The van der Waals surface area contributed by atoms with Crippen LogP contribution in [0, 0.1) is 0 Å². The fourth-order valence-electron chi connectivity index (χ4n) is 1.90. The van der Waals surface area contributed by atoms with E-state index in [0.29, 0.717) is 19.6 Å². The first kappa shape index (κ1) is 14.0. The van der Waals surface area contributed by atoms with Crippen LogP contribution in [-0.2, 0) is 9.59 Å². The summed E-state index contributed by atoms with van der Waals surface area (Å²) in [5, 5.41) is 8.70. The van der Waals surface area contributed by atoms with E-state index >= 15 is 0 Å². The molecule has 1 aliphatic rings. The van der Waals surface area contributed by atoms with Crippen molar-refractivity contribution in [3.05, 3.63) is 16.6 Å². The number of rotatable bonds is 3. The van der Waals surface area contributed by atoms with Gasteiger partial charge in [-0.15, -0.1) is 11.3 Å². The average molecular weight is 282 g/mol. The Kier molecular flexibility index (Phi) is 4.86. The van der Waals surface area contributed by atoms with Crippen LogP contribution in [-0.4, -0.2) is 54.4 Å². The molecule has 0 spiro atoms. The predicted molar refractivity (Wildman–Crippen MR) is 73.0 cm³/mol. The molecule has 0 bridgehead atoms. The first-order valence-corrected chi connectivity index (χ1v) is 7.23. The van der Waals surface area contributed by atoms with Crippen molar-refractivity contribution in [3.8, 4) is 0 Å². The van der Waals surface area contributed by atoms with Gasteiger partial charge in [0.2, 0.25) is 0 Å². The Morgan fingerprint density at radius 3 is 2.89 bits per heavy atom. The number of aromatic nitrogens is 1. The second-order valence-electron chi connectivity index (χ2n) is 4.52. The Morgan fingerprint density at radius 1 is 1.53 bits per heavy atom. The number of amides is 2. The maximum absolute atomic E-state index is 11.9. The van der Waals surface area contributed by atoms with Crippen molar-refractivity contribution < 1.29 is 9.59 Å². The second-order valence-corrected chi connectivity index (χ2v) is 5.45. The van der Waals surface area contributed by atoms with Crippen molar-refractivity contribution in [2.45, 2.75) is 12.8 Å². The molecule has 1 atom stereocenters. The third kappa shape index (κ3) is 3.74. The molecule has 1 fully saturated rings. The lowest BCUT2D eigenvalue weighted by Gasteiger charge is -2.26. The van der Waals surface area contributed by atoms with E-state index in [9.17, 15) is 9.59 Å². The summed E-state index contributed by atoms with van der Waals surface area (Å²) in [6.07, 6.45) is 1.74. The number of nitrogens with one attached hydrogen (secondary N) is 2. The van der Waals surface area contributed by atoms with Gasteiger partial charge in [-0.3, -0.25) is 9.59 Å². The quantitative estimate of drug-likeness (QED) is 0.753. The normalized spacial score (nSPS) is 17.0. The first-order chi connectivity index (χ1) is 9.18. The minimum Gasteiger partial charge on any atom is -0.347 e. The first-order valence-electron chi connectivity index (χ1n) is 6.35. The number of carbonyl (C=O) groups is 2. The summed E-state index contributed by atoms with van der Waals surface area (Å²) < 4.78 is 0. The van der Waals surface area contributed by atoms with E-state index in [0.717, 1.165) is 18.1 Å². The number of thiazole rings is 1. The molecule has 2 rings (SSSR count). The Labute approximate surface area is 116 Å². The summed E-state index contributed by atoms with van der Waals surface area (Å²) >= 11 is 1.55. The number of nitrogens with zero attached hydrogens (tertiary/aromatic N) is 2. The molecule has 0 aromatic carbocycles. The summed E-state index contributed by atoms with van der Waals surface area (Å²) in [5.41, 5.74) is 0. The van der Waals surface area contributed by atoms with Crippen LogP contribution in [0.1, 0.15) is 17.8 Å². The lowest BCUT2D eigenvalue weighted by atomic mass is 10.2. The molecule has 1 aromatic heterocycles. The summed E-state index contributed by atoms with van der Waals surface area (Å²) in [4.78, 5) is 29.4. The molecule has 0 radical (unpaired) electrons. The SMILES string of the molecule is CC(CNC(=O)C(=O)N1CCNCC1)c1nccs1. The van der Waals surface area contributed by atoms with Gasteiger partial charge >= 0.3 is 11.8 Å². The van der Waals surface area contributed by atoms with Crippen molar-refractivity contribution in [2.24, 2.45) is 0 Å². The van der Waals surface area contributed by atoms with Crippen LogP contribution < -0.4 is 10.6 Å². The van der Waals surface area contributed by atoms with Gasteiger partial charge in [-0.25, -0.2) is 4.98 Å². The van der Waals surface area contributed by atoms with E-state index in [1.807, 2.05) is 12.3 Å². The standard InChI is InChI=1S/C12H18N4O2S/c1-9(11-14-4-7-19-11)8-15-10(17)12(18)16-5-2-13-3-6-16/h4,7,9,13H,2-3,5-6,8H2,1H3,(H,15,17). The van der Waals surface area contributed by atoms with Crippen molar-refractivity contribution in [1.29, 1.82) is 0 Å². The van der Waals surface area contributed by atoms with E-state index < -0.39 is 11.8 Å². The molecule has 19 heavy (non-hydrogen) atoms. The molecule has 0 saturated carbocycles. The molecule has 2 N–H and O–H groups in total. The van der Waals surface area contributed by atoms with Gasteiger partial charge in [0.15, 0.2) is 0 Å². The van der Waals surface area contributed by atoms with Crippen LogP contribution in [0.15, 0.2) is 11.6 Å². The van der Waals surface area contributed by atoms with E-state index in [4.69, 9.17) is 0 Å². The molecule has 6 nitrogen and oxygen atoms in total. The highest BCUT2D eigenvalue weighted by atomic mass is 32.1.